The van der Waals surface area contributed by atoms with E-state index in [0.29, 0.717) is 29.9 Å². The van der Waals surface area contributed by atoms with E-state index in [1.165, 1.54) is 17.7 Å². The van der Waals surface area contributed by atoms with E-state index >= 15 is 0 Å². The molecule has 0 unspecified atom stereocenters. The molecule has 2 atom stereocenters. The Morgan fingerprint density at radius 1 is 1.08 bits per heavy atom. The highest BCUT2D eigenvalue weighted by atomic mass is 16.6. The molecule has 1 saturated heterocycles. The second-order valence-corrected chi connectivity index (χ2v) is 10.7. The van der Waals surface area contributed by atoms with Gasteiger partial charge in [-0.05, 0) is 45.7 Å². The molecule has 2 aromatic rings. The van der Waals surface area contributed by atoms with Crippen LogP contribution in [-0.4, -0.2) is 46.6 Å². The first-order valence-electron chi connectivity index (χ1n) is 13.1. The number of benzene rings is 2. The molecule has 0 radical (unpaired) electrons. The summed E-state index contributed by atoms with van der Waals surface area (Å²) in [4.78, 5) is 40.5. The van der Waals surface area contributed by atoms with Gasteiger partial charge >= 0.3 is 11.9 Å². The molecule has 2 aliphatic heterocycles. The lowest BCUT2D eigenvalue weighted by atomic mass is 9.80. The number of allylic oxidation sites excluding steroid dienone is 2. The molecule has 0 amide bonds. The molecule has 9 heteroatoms. The normalized spacial score (nSPS) is 21.6. The van der Waals surface area contributed by atoms with Gasteiger partial charge in [0, 0.05) is 49.6 Å². The first kappa shape index (κ1) is 28.0. The molecule has 0 bridgehead atoms. The highest BCUT2D eigenvalue weighted by molar-refractivity contribution is 6.00. The van der Waals surface area contributed by atoms with E-state index in [4.69, 9.17) is 9.47 Å². The van der Waals surface area contributed by atoms with Crippen LogP contribution in [-0.2, 0) is 25.6 Å². The number of likely N-dealkylation sites (tertiary alicyclic amines) is 1. The monoisotopic (exact) mass is 533 g/mol. The number of nitro benzene ring substituents is 1. The zero-order valence-corrected chi connectivity index (χ0v) is 23.0. The van der Waals surface area contributed by atoms with Crippen LogP contribution in [0.15, 0.2) is 77.1 Å². The summed E-state index contributed by atoms with van der Waals surface area (Å²) in [6.07, 6.45) is 0.267. The van der Waals surface area contributed by atoms with Crippen molar-refractivity contribution in [3.05, 3.63) is 98.4 Å². The van der Waals surface area contributed by atoms with Gasteiger partial charge in [-0.1, -0.05) is 42.5 Å². The minimum atomic E-state index is -0.893. The van der Waals surface area contributed by atoms with Crippen LogP contribution in [0, 0.1) is 10.1 Å². The Balaban J connectivity index is 1.65. The summed E-state index contributed by atoms with van der Waals surface area (Å²) >= 11 is 0. The first-order valence-corrected chi connectivity index (χ1v) is 13.1. The van der Waals surface area contributed by atoms with Gasteiger partial charge in [0.1, 0.15) is 5.60 Å². The van der Waals surface area contributed by atoms with E-state index in [1.807, 2.05) is 25.1 Å². The quantitative estimate of drug-likeness (QED) is 0.287. The zero-order valence-electron chi connectivity index (χ0n) is 23.0. The summed E-state index contributed by atoms with van der Waals surface area (Å²) in [7, 11) is 0. The third-order valence-corrected chi connectivity index (χ3v) is 7.06. The van der Waals surface area contributed by atoms with Gasteiger partial charge in [-0.2, -0.15) is 0 Å². The second kappa shape index (κ2) is 11.4. The van der Waals surface area contributed by atoms with E-state index in [0.717, 1.165) is 13.1 Å². The maximum atomic E-state index is 13.9. The van der Waals surface area contributed by atoms with Crippen molar-refractivity contribution in [2.24, 2.45) is 0 Å². The summed E-state index contributed by atoms with van der Waals surface area (Å²) in [5.74, 6) is -2.05. The average molecular weight is 534 g/mol. The second-order valence-electron chi connectivity index (χ2n) is 10.7. The maximum absolute atomic E-state index is 13.9. The lowest BCUT2D eigenvalue weighted by Gasteiger charge is -2.33. The van der Waals surface area contributed by atoms with Crippen molar-refractivity contribution in [3.8, 4) is 0 Å². The van der Waals surface area contributed by atoms with Crippen molar-refractivity contribution in [1.82, 2.24) is 10.2 Å². The topological polar surface area (TPSA) is 111 Å². The fourth-order valence-electron chi connectivity index (χ4n) is 5.33. The van der Waals surface area contributed by atoms with Crippen molar-refractivity contribution in [2.45, 2.75) is 65.2 Å². The molecular weight excluding hydrogens is 498 g/mol. The SMILES string of the molecule is CC1=C(C(=O)OC(C)C)[C@H](c2cccc([N+](=O)[O-])c2)C(C(=O)O[C@]2(C)CCN(Cc3ccccc3)C2)=C(C)N1. The van der Waals surface area contributed by atoms with Gasteiger partial charge in [0.15, 0.2) is 0 Å². The van der Waals surface area contributed by atoms with Gasteiger partial charge in [0.05, 0.1) is 28.1 Å². The Bertz CT molecular complexity index is 1330. The minimum Gasteiger partial charge on any atom is -0.460 e. The van der Waals surface area contributed by atoms with Crippen molar-refractivity contribution in [1.29, 1.82) is 0 Å². The van der Waals surface area contributed by atoms with Crippen LogP contribution < -0.4 is 5.32 Å². The number of hydrogen-bond donors (Lipinski definition) is 1. The number of esters is 2. The molecule has 2 heterocycles. The molecule has 206 valence electrons. The largest absolute Gasteiger partial charge is 0.460 e. The van der Waals surface area contributed by atoms with Gasteiger partial charge in [0.25, 0.3) is 5.69 Å². The summed E-state index contributed by atoms with van der Waals surface area (Å²) in [6, 6.07) is 16.1. The molecule has 0 spiro atoms. The summed E-state index contributed by atoms with van der Waals surface area (Å²) in [6.45, 7) is 11.0. The molecule has 39 heavy (non-hydrogen) atoms. The molecule has 1 fully saturated rings. The summed E-state index contributed by atoms with van der Waals surface area (Å²) in [5, 5.41) is 14.7. The number of dihydropyridines is 1. The molecular formula is C30H35N3O6. The number of non-ortho nitro benzene ring substituents is 1. The predicted molar refractivity (Wildman–Crippen MR) is 146 cm³/mol. The lowest BCUT2D eigenvalue weighted by Crippen LogP contribution is -2.39. The van der Waals surface area contributed by atoms with Gasteiger partial charge in [-0.25, -0.2) is 9.59 Å². The lowest BCUT2D eigenvalue weighted by molar-refractivity contribution is -0.384. The Hall–Kier alpha value is -3.98. The number of carbonyl (C=O) groups is 2. The molecule has 0 saturated carbocycles. The first-order chi connectivity index (χ1) is 18.5. The molecule has 2 aromatic carbocycles. The number of nitrogens with zero attached hydrogens (tertiary/aromatic N) is 2. The number of carbonyl (C=O) groups excluding carboxylic acids is 2. The van der Waals surface area contributed by atoms with Crippen molar-refractivity contribution >= 4 is 17.6 Å². The molecule has 0 aliphatic carbocycles. The Morgan fingerprint density at radius 3 is 2.38 bits per heavy atom. The van der Waals surface area contributed by atoms with Gasteiger partial charge < -0.3 is 14.8 Å². The van der Waals surface area contributed by atoms with E-state index in [1.54, 1.807) is 39.8 Å². The van der Waals surface area contributed by atoms with Gasteiger partial charge in [-0.15, -0.1) is 0 Å². The van der Waals surface area contributed by atoms with Gasteiger partial charge in [0.2, 0.25) is 0 Å². The number of nitro groups is 1. The Kier molecular flexibility index (Phi) is 8.20. The van der Waals surface area contributed by atoms with Crippen LogP contribution in [0.4, 0.5) is 5.69 Å². The van der Waals surface area contributed by atoms with Crippen LogP contribution in [0.25, 0.3) is 0 Å². The van der Waals surface area contributed by atoms with Crippen molar-refractivity contribution < 1.29 is 24.0 Å². The van der Waals surface area contributed by atoms with E-state index < -0.39 is 28.4 Å². The number of rotatable bonds is 8. The van der Waals surface area contributed by atoms with Gasteiger partial charge in [-0.3, -0.25) is 15.0 Å². The highest BCUT2D eigenvalue weighted by Gasteiger charge is 2.43. The summed E-state index contributed by atoms with van der Waals surface area (Å²) in [5.41, 5.74) is 2.26. The minimum absolute atomic E-state index is 0.134. The zero-order chi connectivity index (χ0) is 28.3. The smallest absolute Gasteiger partial charge is 0.337 e. The average Bonchev–Trinajstić information content (AvgIpc) is 3.23. The molecule has 4 rings (SSSR count). The van der Waals surface area contributed by atoms with Crippen molar-refractivity contribution in [2.75, 3.05) is 13.1 Å². The fraction of sp³-hybridized carbons (Fsp3) is 0.400. The molecule has 2 aliphatic rings. The maximum Gasteiger partial charge on any atom is 0.337 e. The number of nitrogens with one attached hydrogen (secondary N) is 1. The number of hydrogen-bond acceptors (Lipinski definition) is 8. The van der Waals surface area contributed by atoms with Crippen molar-refractivity contribution in [3.63, 3.8) is 0 Å². The van der Waals surface area contributed by atoms with E-state index in [9.17, 15) is 19.7 Å². The highest BCUT2D eigenvalue weighted by Crippen LogP contribution is 2.41. The molecule has 9 nitrogen and oxygen atoms in total. The third kappa shape index (κ3) is 6.37. The molecule has 1 N–H and O–H groups in total. The standard InChI is InChI=1S/C30H35N3O6/c1-19(2)38-28(34)25-20(3)31-21(4)26(27(25)23-12-9-13-24(16-23)33(36)37)29(35)39-30(5)14-15-32(18-30)17-22-10-7-6-8-11-22/h6-13,16,19,27,31H,14-15,17-18H2,1-5H3/t27-,30+/m0/s1. The van der Waals surface area contributed by atoms with Crippen LogP contribution in [0.3, 0.4) is 0 Å². The fourth-order valence-corrected chi connectivity index (χ4v) is 5.33. The Labute approximate surface area is 228 Å². The Morgan fingerprint density at radius 2 is 1.74 bits per heavy atom. The van der Waals surface area contributed by atoms with Crippen LogP contribution in [0.1, 0.15) is 58.1 Å². The van der Waals surface area contributed by atoms with E-state index in [-0.39, 0.29) is 22.9 Å². The predicted octanol–water partition coefficient (Wildman–Crippen LogP) is 4.99. The van der Waals surface area contributed by atoms with Crippen LogP contribution >= 0.6 is 0 Å². The molecule has 0 aromatic heterocycles. The van der Waals surface area contributed by atoms with Crippen LogP contribution in [0.2, 0.25) is 0 Å². The number of ether oxygens (including phenoxy) is 2. The summed E-state index contributed by atoms with van der Waals surface area (Å²) < 4.78 is 11.7. The third-order valence-electron chi connectivity index (χ3n) is 7.06. The van der Waals surface area contributed by atoms with Crippen LogP contribution in [0.5, 0.6) is 0 Å². The van der Waals surface area contributed by atoms with E-state index in [2.05, 4.69) is 22.3 Å².